The Kier molecular flexibility index (Phi) is 3.00. The molecule has 0 bridgehead atoms. The average Bonchev–Trinajstić information content (AvgIpc) is 2.82. The first-order valence-corrected chi connectivity index (χ1v) is 5.14. The number of hydrogen-bond acceptors (Lipinski definition) is 2. The summed E-state index contributed by atoms with van der Waals surface area (Å²) in [5, 5.41) is 0. The number of rotatable bonds is 3. The Labute approximate surface area is 96.0 Å². The summed E-state index contributed by atoms with van der Waals surface area (Å²) in [6, 6.07) is 3.17. The van der Waals surface area contributed by atoms with Crippen LogP contribution in [-0.4, -0.2) is 0 Å². The molecule has 0 saturated heterocycles. The van der Waals surface area contributed by atoms with Gasteiger partial charge in [0, 0.05) is 5.56 Å². The van der Waals surface area contributed by atoms with Crippen molar-refractivity contribution in [2.45, 2.75) is 25.9 Å². The predicted molar refractivity (Wildman–Crippen MR) is 54.6 cm³/mol. The third kappa shape index (κ3) is 2.72. The Morgan fingerprint density at radius 3 is 2.59 bits per heavy atom. The van der Waals surface area contributed by atoms with Gasteiger partial charge in [0.25, 0.3) is 0 Å². The summed E-state index contributed by atoms with van der Waals surface area (Å²) < 4.78 is 47.4. The number of hydrogen-bond donors (Lipinski definition) is 0. The lowest BCUT2D eigenvalue weighted by molar-refractivity contribution is -0.154. The molecule has 0 N–H and O–H groups in total. The largest absolute Gasteiger partial charge is 0.472 e. The summed E-state index contributed by atoms with van der Waals surface area (Å²) in [6.45, 7) is 1.51. The van der Waals surface area contributed by atoms with Gasteiger partial charge in [-0.2, -0.15) is 13.2 Å². The number of halogens is 3. The average molecular weight is 244 g/mol. The standard InChI is InChI=1S/C12H11F3O2/c1-8-6-10(11(17-8)12(13,14)15)3-2-9-4-5-16-7-9/h4-7H,2-3H2,1H3. The van der Waals surface area contributed by atoms with Gasteiger partial charge in [0.2, 0.25) is 5.76 Å². The summed E-state index contributed by atoms with van der Waals surface area (Å²) in [6.07, 6.45) is -0.620. The first kappa shape index (κ1) is 11.8. The highest BCUT2D eigenvalue weighted by Gasteiger charge is 2.37. The molecule has 2 aromatic heterocycles. The van der Waals surface area contributed by atoms with E-state index in [1.165, 1.54) is 25.5 Å². The molecule has 5 heteroatoms. The van der Waals surface area contributed by atoms with Gasteiger partial charge in [0.1, 0.15) is 5.76 Å². The van der Waals surface area contributed by atoms with E-state index in [1.54, 1.807) is 6.07 Å². The molecule has 2 aromatic rings. The molecule has 0 unspecified atom stereocenters. The molecule has 0 amide bonds. The molecule has 0 aliphatic heterocycles. The second kappa shape index (κ2) is 4.31. The maximum absolute atomic E-state index is 12.6. The van der Waals surface area contributed by atoms with Crippen molar-refractivity contribution in [1.82, 2.24) is 0 Å². The lowest BCUT2D eigenvalue weighted by atomic mass is 10.1. The van der Waals surface area contributed by atoms with E-state index in [0.29, 0.717) is 6.42 Å². The van der Waals surface area contributed by atoms with Gasteiger partial charge in [-0.1, -0.05) is 0 Å². The molecule has 0 radical (unpaired) electrons. The van der Waals surface area contributed by atoms with Crippen molar-refractivity contribution in [2.24, 2.45) is 0 Å². The van der Waals surface area contributed by atoms with Crippen molar-refractivity contribution in [2.75, 3.05) is 0 Å². The summed E-state index contributed by atoms with van der Waals surface area (Å²) in [5.41, 5.74) is 1.06. The fourth-order valence-corrected chi connectivity index (χ4v) is 1.71. The van der Waals surface area contributed by atoms with Crippen LogP contribution in [0.25, 0.3) is 0 Å². The molecular formula is C12H11F3O2. The van der Waals surface area contributed by atoms with E-state index in [2.05, 4.69) is 0 Å². The van der Waals surface area contributed by atoms with Crippen molar-refractivity contribution in [1.29, 1.82) is 0 Å². The number of furan rings is 2. The Bertz CT molecular complexity index is 480. The van der Waals surface area contributed by atoms with Gasteiger partial charge in [0.05, 0.1) is 12.5 Å². The highest BCUT2D eigenvalue weighted by Crippen LogP contribution is 2.34. The zero-order valence-corrected chi connectivity index (χ0v) is 9.17. The van der Waals surface area contributed by atoms with Gasteiger partial charge in [-0.15, -0.1) is 0 Å². The van der Waals surface area contributed by atoms with E-state index < -0.39 is 11.9 Å². The van der Waals surface area contributed by atoms with Gasteiger partial charge in [-0.05, 0) is 37.5 Å². The van der Waals surface area contributed by atoms with Gasteiger partial charge in [0.15, 0.2) is 0 Å². The topological polar surface area (TPSA) is 26.3 Å². The third-order valence-corrected chi connectivity index (χ3v) is 2.45. The molecule has 2 nitrogen and oxygen atoms in total. The molecule has 0 aliphatic rings. The molecule has 92 valence electrons. The van der Waals surface area contributed by atoms with Crippen LogP contribution in [-0.2, 0) is 19.0 Å². The van der Waals surface area contributed by atoms with Crippen molar-refractivity contribution >= 4 is 0 Å². The Morgan fingerprint density at radius 2 is 2.00 bits per heavy atom. The number of alkyl halides is 3. The van der Waals surface area contributed by atoms with Crippen LogP contribution in [0.1, 0.15) is 22.6 Å². The van der Waals surface area contributed by atoms with Crippen molar-refractivity contribution < 1.29 is 22.0 Å². The molecule has 2 rings (SSSR count). The van der Waals surface area contributed by atoms with Crippen LogP contribution in [0.5, 0.6) is 0 Å². The fourth-order valence-electron chi connectivity index (χ4n) is 1.71. The second-order valence-corrected chi connectivity index (χ2v) is 3.84. The van der Waals surface area contributed by atoms with Gasteiger partial charge >= 0.3 is 6.18 Å². The smallest absolute Gasteiger partial charge is 0.449 e. The van der Waals surface area contributed by atoms with Crippen LogP contribution < -0.4 is 0 Å². The molecule has 17 heavy (non-hydrogen) atoms. The van der Waals surface area contributed by atoms with Gasteiger partial charge < -0.3 is 8.83 Å². The van der Waals surface area contributed by atoms with E-state index in [4.69, 9.17) is 8.83 Å². The lowest BCUT2D eigenvalue weighted by Crippen LogP contribution is -2.07. The second-order valence-electron chi connectivity index (χ2n) is 3.84. The van der Waals surface area contributed by atoms with E-state index in [1.807, 2.05) is 0 Å². The normalized spacial score (nSPS) is 12.0. The van der Waals surface area contributed by atoms with Crippen molar-refractivity contribution in [3.8, 4) is 0 Å². The first-order chi connectivity index (χ1) is 7.97. The summed E-state index contributed by atoms with van der Waals surface area (Å²) in [5.74, 6) is -0.613. The maximum atomic E-state index is 12.6. The van der Waals surface area contributed by atoms with Crippen molar-refractivity contribution in [3.63, 3.8) is 0 Å². The highest BCUT2D eigenvalue weighted by atomic mass is 19.4. The minimum atomic E-state index is -4.43. The molecule has 0 atom stereocenters. The zero-order chi connectivity index (χ0) is 12.5. The molecule has 0 aliphatic carbocycles. The summed E-state index contributed by atoms with van der Waals surface area (Å²) >= 11 is 0. The maximum Gasteiger partial charge on any atom is 0.449 e. The van der Waals surface area contributed by atoms with Crippen LogP contribution >= 0.6 is 0 Å². The monoisotopic (exact) mass is 244 g/mol. The van der Waals surface area contributed by atoms with E-state index >= 15 is 0 Å². The van der Waals surface area contributed by atoms with Gasteiger partial charge in [-0.25, -0.2) is 0 Å². The minimum Gasteiger partial charge on any atom is -0.472 e. The van der Waals surface area contributed by atoms with E-state index in [-0.39, 0.29) is 17.7 Å². The summed E-state index contributed by atoms with van der Waals surface area (Å²) in [4.78, 5) is 0. The highest BCUT2D eigenvalue weighted by molar-refractivity contribution is 5.25. The molecule has 0 spiro atoms. The Hall–Kier alpha value is -1.65. The van der Waals surface area contributed by atoms with Crippen LogP contribution in [0.4, 0.5) is 13.2 Å². The molecule has 0 aromatic carbocycles. The first-order valence-electron chi connectivity index (χ1n) is 5.14. The molecule has 0 fully saturated rings. The lowest BCUT2D eigenvalue weighted by Gasteiger charge is -2.05. The summed E-state index contributed by atoms with van der Waals surface area (Å²) in [7, 11) is 0. The SMILES string of the molecule is Cc1cc(CCc2ccoc2)c(C(F)(F)F)o1. The number of aryl methyl sites for hydroxylation is 3. The van der Waals surface area contributed by atoms with Crippen LogP contribution in [0, 0.1) is 6.92 Å². The van der Waals surface area contributed by atoms with Crippen LogP contribution in [0.2, 0.25) is 0 Å². The molecule has 2 heterocycles. The van der Waals surface area contributed by atoms with Crippen LogP contribution in [0.3, 0.4) is 0 Å². The van der Waals surface area contributed by atoms with Gasteiger partial charge in [-0.3, -0.25) is 0 Å². The molecule has 0 saturated carbocycles. The Morgan fingerprint density at radius 1 is 1.24 bits per heavy atom. The van der Waals surface area contributed by atoms with E-state index in [0.717, 1.165) is 5.56 Å². The Balaban J connectivity index is 2.15. The fraction of sp³-hybridized carbons (Fsp3) is 0.333. The van der Waals surface area contributed by atoms with E-state index in [9.17, 15) is 13.2 Å². The zero-order valence-electron chi connectivity index (χ0n) is 9.17. The third-order valence-electron chi connectivity index (χ3n) is 2.45. The van der Waals surface area contributed by atoms with Crippen LogP contribution in [0.15, 0.2) is 33.5 Å². The molecular weight excluding hydrogens is 233 g/mol. The minimum absolute atomic E-state index is 0.191. The quantitative estimate of drug-likeness (QED) is 0.816. The van der Waals surface area contributed by atoms with Crippen molar-refractivity contribution in [3.05, 3.63) is 47.3 Å². The predicted octanol–water partition coefficient (Wildman–Crippen LogP) is 3.99.